The Labute approximate surface area is 139 Å². The molecule has 4 rings (SSSR count). The lowest BCUT2D eigenvalue weighted by Crippen LogP contribution is -2.41. The van der Waals surface area contributed by atoms with Crippen molar-refractivity contribution in [2.24, 2.45) is 0 Å². The van der Waals surface area contributed by atoms with Gasteiger partial charge in [-0.1, -0.05) is 13.0 Å². The van der Waals surface area contributed by atoms with Crippen molar-refractivity contribution in [3.63, 3.8) is 0 Å². The van der Waals surface area contributed by atoms with E-state index in [0.29, 0.717) is 17.8 Å². The van der Waals surface area contributed by atoms with Crippen LogP contribution in [0.3, 0.4) is 0 Å². The third-order valence-electron chi connectivity index (χ3n) is 4.29. The first kappa shape index (κ1) is 14.7. The SMILES string of the molecule is CCc1nc2n(n1)CC(NC(=O)c1nccc3cccnc13)CC2. The fourth-order valence-corrected chi connectivity index (χ4v) is 3.05. The normalized spacial score (nSPS) is 16.8. The highest BCUT2D eigenvalue weighted by Gasteiger charge is 2.24. The second kappa shape index (κ2) is 5.99. The van der Waals surface area contributed by atoms with E-state index in [1.165, 1.54) is 0 Å². The summed E-state index contributed by atoms with van der Waals surface area (Å²) in [5.74, 6) is 1.67. The minimum atomic E-state index is -0.191. The van der Waals surface area contributed by atoms with Gasteiger partial charge in [0, 0.05) is 36.7 Å². The molecule has 0 saturated heterocycles. The van der Waals surface area contributed by atoms with Crippen molar-refractivity contribution in [2.45, 2.75) is 38.8 Å². The molecular formula is C17H18N6O. The molecule has 0 fully saturated rings. The van der Waals surface area contributed by atoms with Crippen LogP contribution >= 0.6 is 0 Å². The highest BCUT2D eigenvalue weighted by Crippen LogP contribution is 2.16. The maximum Gasteiger partial charge on any atom is 0.272 e. The number of fused-ring (bicyclic) bond motifs is 2. The molecule has 122 valence electrons. The Hall–Kier alpha value is -2.83. The zero-order valence-electron chi connectivity index (χ0n) is 13.4. The number of aromatic nitrogens is 5. The van der Waals surface area contributed by atoms with E-state index < -0.39 is 0 Å². The average Bonchev–Trinajstić information content (AvgIpc) is 3.03. The van der Waals surface area contributed by atoms with E-state index in [2.05, 4.69) is 25.4 Å². The van der Waals surface area contributed by atoms with E-state index in [0.717, 1.165) is 36.3 Å². The minimum absolute atomic E-state index is 0.0252. The molecule has 0 radical (unpaired) electrons. The molecular weight excluding hydrogens is 304 g/mol. The molecule has 24 heavy (non-hydrogen) atoms. The zero-order chi connectivity index (χ0) is 16.5. The molecule has 7 heteroatoms. The van der Waals surface area contributed by atoms with Crippen LogP contribution in [0.4, 0.5) is 0 Å². The lowest BCUT2D eigenvalue weighted by molar-refractivity contribution is 0.0923. The molecule has 3 aromatic heterocycles. The van der Waals surface area contributed by atoms with Crippen LogP contribution in [0.1, 0.15) is 35.5 Å². The van der Waals surface area contributed by atoms with Crippen LogP contribution in [0.5, 0.6) is 0 Å². The number of nitrogens with one attached hydrogen (secondary N) is 1. The van der Waals surface area contributed by atoms with Crippen LogP contribution in [0.25, 0.3) is 10.9 Å². The van der Waals surface area contributed by atoms with E-state index in [-0.39, 0.29) is 11.9 Å². The number of aryl methyl sites for hydroxylation is 2. The summed E-state index contributed by atoms with van der Waals surface area (Å²) in [7, 11) is 0. The molecule has 7 nitrogen and oxygen atoms in total. The number of rotatable bonds is 3. The van der Waals surface area contributed by atoms with E-state index in [4.69, 9.17) is 0 Å². The number of pyridine rings is 2. The number of hydrogen-bond acceptors (Lipinski definition) is 5. The van der Waals surface area contributed by atoms with Gasteiger partial charge in [0.1, 0.15) is 11.3 Å². The van der Waals surface area contributed by atoms with Crippen LogP contribution < -0.4 is 5.32 Å². The molecule has 1 unspecified atom stereocenters. The molecule has 3 aromatic rings. The van der Waals surface area contributed by atoms with Gasteiger partial charge in [-0.3, -0.25) is 9.78 Å². The number of amides is 1. The largest absolute Gasteiger partial charge is 0.346 e. The van der Waals surface area contributed by atoms with Gasteiger partial charge in [0.05, 0.1) is 6.54 Å². The van der Waals surface area contributed by atoms with Gasteiger partial charge in [0.2, 0.25) is 0 Å². The summed E-state index contributed by atoms with van der Waals surface area (Å²) in [5.41, 5.74) is 0.995. The van der Waals surface area contributed by atoms with Crippen molar-refractivity contribution in [1.82, 2.24) is 30.0 Å². The maximum atomic E-state index is 12.6. The molecule has 1 atom stereocenters. The van der Waals surface area contributed by atoms with E-state index in [9.17, 15) is 4.79 Å². The summed E-state index contributed by atoms with van der Waals surface area (Å²) in [6.07, 6.45) is 5.81. The van der Waals surface area contributed by atoms with Gasteiger partial charge in [0.15, 0.2) is 11.5 Å². The van der Waals surface area contributed by atoms with Crippen LogP contribution in [0.15, 0.2) is 30.6 Å². The third-order valence-corrected chi connectivity index (χ3v) is 4.29. The van der Waals surface area contributed by atoms with Crippen molar-refractivity contribution in [2.75, 3.05) is 0 Å². The van der Waals surface area contributed by atoms with Crippen molar-refractivity contribution in [3.05, 3.63) is 47.9 Å². The molecule has 1 N–H and O–H groups in total. The van der Waals surface area contributed by atoms with Gasteiger partial charge in [0.25, 0.3) is 5.91 Å². The Bertz CT molecular complexity index is 898. The summed E-state index contributed by atoms with van der Waals surface area (Å²) < 4.78 is 1.90. The van der Waals surface area contributed by atoms with Crippen molar-refractivity contribution in [1.29, 1.82) is 0 Å². The first-order valence-corrected chi connectivity index (χ1v) is 8.18. The molecule has 0 aliphatic carbocycles. The van der Waals surface area contributed by atoms with E-state index >= 15 is 0 Å². The molecule has 4 heterocycles. The smallest absolute Gasteiger partial charge is 0.272 e. The topological polar surface area (TPSA) is 85.6 Å². The zero-order valence-corrected chi connectivity index (χ0v) is 13.4. The number of carbonyl (C=O) groups excluding carboxylic acids is 1. The molecule has 1 aliphatic heterocycles. The van der Waals surface area contributed by atoms with Crippen molar-refractivity contribution >= 4 is 16.8 Å². The number of nitrogens with zero attached hydrogens (tertiary/aromatic N) is 5. The van der Waals surface area contributed by atoms with Crippen LogP contribution in [-0.2, 0) is 19.4 Å². The maximum absolute atomic E-state index is 12.6. The monoisotopic (exact) mass is 322 g/mol. The molecule has 1 amide bonds. The second-order valence-corrected chi connectivity index (χ2v) is 5.92. The van der Waals surface area contributed by atoms with Crippen molar-refractivity contribution in [3.8, 4) is 0 Å². The summed E-state index contributed by atoms with van der Waals surface area (Å²) in [5, 5.41) is 8.45. The second-order valence-electron chi connectivity index (χ2n) is 5.92. The highest BCUT2D eigenvalue weighted by molar-refractivity contribution is 6.03. The number of carbonyl (C=O) groups is 1. The molecule has 0 spiro atoms. The van der Waals surface area contributed by atoms with Gasteiger partial charge in [-0.05, 0) is 18.6 Å². The quantitative estimate of drug-likeness (QED) is 0.790. The Morgan fingerprint density at radius 3 is 3.12 bits per heavy atom. The molecule has 0 saturated carbocycles. The lowest BCUT2D eigenvalue weighted by Gasteiger charge is -2.23. The highest BCUT2D eigenvalue weighted by atomic mass is 16.2. The van der Waals surface area contributed by atoms with E-state index in [1.807, 2.05) is 29.8 Å². The Morgan fingerprint density at radius 2 is 2.25 bits per heavy atom. The predicted molar refractivity (Wildman–Crippen MR) is 88.5 cm³/mol. The molecule has 0 bridgehead atoms. The van der Waals surface area contributed by atoms with Crippen LogP contribution in [-0.4, -0.2) is 36.7 Å². The van der Waals surface area contributed by atoms with E-state index in [1.54, 1.807) is 12.4 Å². The van der Waals surface area contributed by atoms with Crippen molar-refractivity contribution < 1.29 is 4.79 Å². The lowest BCUT2D eigenvalue weighted by atomic mass is 10.1. The van der Waals surface area contributed by atoms with Gasteiger partial charge in [-0.25, -0.2) is 14.6 Å². The fraction of sp³-hybridized carbons (Fsp3) is 0.353. The summed E-state index contributed by atoms with van der Waals surface area (Å²) in [4.78, 5) is 25.7. The van der Waals surface area contributed by atoms with Gasteiger partial charge in [-0.15, -0.1) is 0 Å². The third kappa shape index (κ3) is 2.62. The first-order valence-electron chi connectivity index (χ1n) is 8.18. The minimum Gasteiger partial charge on any atom is -0.346 e. The summed E-state index contributed by atoms with van der Waals surface area (Å²) >= 11 is 0. The summed E-state index contributed by atoms with van der Waals surface area (Å²) in [6.45, 7) is 2.69. The standard InChI is InChI=1S/C17H18N6O/c1-2-13-21-14-6-5-12(10-23(14)22-13)20-17(24)16-15-11(7-9-19-16)4-3-8-18-15/h3-4,7-9,12H,2,5-6,10H2,1H3,(H,20,24). The summed E-state index contributed by atoms with van der Waals surface area (Å²) in [6, 6.07) is 5.66. The average molecular weight is 322 g/mol. The molecule has 0 aromatic carbocycles. The first-order chi connectivity index (χ1) is 11.7. The number of hydrogen-bond donors (Lipinski definition) is 1. The van der Waals surface area contributed by atoms with Gasteiger partial charge < -0.3 is 5.32 Å². The van der Waals surface area contributed by atoms with Crippen LogP contribution in [0.2, 0.25) is 0 Å². The Morgan fingerprint density at radius 1 is 1.33 bits per heavy atom. The molecule has 1 aliphatic rings. The predicted octanol–water partition coefficient (Wildman–Crippen LogP) is 1.53. The Balaban J connectivity index is 1.54. The Kier molecular flexibility index (Phi) is 3.68. The van der Waals surface area contributed by atoms with Gasteiger partial charge >= 0.3 is 0 Å². The fourth-order valence-electron chi connectivity index (χ4n) is 3.05. The van der Waals surface area contributed by atoms with Gasteiger partial charge in [-0.2, -0.15) is 5.10 Å². The van der Waals surface area contributed by atoms with Crippen LogP contribution in [0, 0.1) is 0 Å².